The Morgan fingerprint density at radius 3 is 2.36 bits per heavy atom. The van der Waals surface area contributed by atoms with E-state index in [1.807, 2.05) is 0 Å². The number of nitrogens with one attached hydrogen (secondary N) is 2. The zero-order valence-electron chi connectivity index (χ0n) is 28.1. The molecule has 13 N–H and O–H groups in total. The number of aromatic nitrogens is 3. The first kappa shape index (κ1) is 42.4. The van der Waals surface area contributed by atoms with Crippen LogP contribution in [0, 0.1) is 0 Å². The number of nitrogens with zero attached hydrogens (tertiary/aromatic N) is 3. The quantitative estimate of drug-likeness (QED) is 0.0737. The molecular weight excluding hydrogens is 722 g/mol. The van der Waals surface area contributed by atoms with Gasteiger partial charge in [0.2, 0.25) is 11.8 Å². The van der Waals surface area contributed by atoms with Crippen molar-refractivity contribution < 1.29 is 94.2 Å². The summed E-state index contributed by atoms with van der Waals surface area (Å²) < 4.78 is 29.0. The van der Waals surface area contributed by atoms with Crippen LogP contribution in [-0.2, 0) is 44.6 Å². The van der Waals surface area contributed by atoms with E-state index in [-0.39, 0.29) is 12.2 Å². The number of ether oxygens (including phenoxy) is 5. The summed E-state index contributed by atoms with van der Waals surface area (Å²) in [4.78, 5) is 35.8. The van der Waals surface area contributed by atoms with Gasteiger partial charge in [-0.1, -0.05) is 11.8 Å². The van der Waals surface area contributed by atoms with Gasteiger partial charge in [0.25, 0.3) is 5.79 Å². The lowest BCUT2D eigenvalue weighted by atomic mass is 9.88. The molecule has 4 rings (SSSR count). The van der Waals surface area contributed by atoms with E-state index in [1.165, 1.54) is 6.20 Å². The number of hydrogen-bond acceptors (Lipinski definition) is 20. The smallest absolute Gasteiger partial charge is 0.364 e. The number of hydrogen-bond donors (Lipinski definition) is 13. The molecule has 3 aliphatic rings. The van der Waals surface area contributed by atoms with Gasteiger partial charge < -0.3 is 90.5 Å². The largest absolute Gasteiger partial charge is 0.477 e. The van der Waals surface area contributed by atoms with Crippen molar-refractivity contribution in [1.82, 2.24) is 25.6 Å². The van der Waals surface area contributed by atoms with E-state index in [0.717, 1.165) is 17.7 Å². The van der Waals surface area contributed by atoms with Crippen molar-refractivity contribution in [1.29, 1.82) is 0 Å². The second-order valence-electron chi connectivity index (χ2n) is 12.6. The first-order valence-corrected chi connectivity index (χ1v) is 16.2. The highest BCUT2D eigenvalue weighted by atomic mass is 16.8. The number of carbonyl (C=O) groups excluding carboxylic acids is 2. The van der Waals surface area contributed by atoms with Gasteiger partial charge >= 0.3 is 5.97 Å². The lowest BCUT2D eigenvalue weighted by Crippen LogP contribution is -2.68. The monoisotopic (exact) mass is 767 g/mol. The van der Waals surface area contributed by atoms with Crippen LogP contribution in [0.2, 0.25) is 0 Å². The number of aliphatic hydroxyl groups excluding tert-OH is 10. The van der Waals surface area contributed by atoms with Crippen molar-refractivity contribution in [3.05, 3.63) is 24.5 Å². The van der Waals surface area contributed by atoms with Crippen LogP contribution in [0.15, 0.2) is 18.9 Å². The first-order valence-electron chi connectivity index (χ1n) is 16.2. The molecule has 3 fully saturated rings. The molecule has 0 saturated carbocycles. The zero-order chi connectivity index (χ0) is 39.4. The molecule has 300 valence electrons. The molecule has 3 aliphatic heterocycles. The standard InChI is InChI=1S/C29H45N5O19/c1-3-16(40)30-5-11-6-34(33-32-11)26-22(45)21(44)24(14(8-36)50-26)52-27-23(46)20(43)19(42)15(51-27)9-49-29(28(47)48)4-12(38)17(31-10(2)37)25(53-29)18(41)13(39)7-35/h3,6,12-15,17-27,35-36,38-39,41-46H,1,4-5,7-9H2,2H3,(H,30,40)(H,31,37)(H,47,48)/t12-,13+,14+,15+,17+,18+,19-,20-,21+,22+,23+,24+,25+,26+,27-,29+/m0/s1. The molecule has 0 aliphatic carbocycles. The average molecular weight is 768 g/mol. The highest BCUT2D eigenvalue weighted by Crippen LogP contribution is 2.36. The fraction of sp³-hybridized carbons (Fsp3) is 0.759. The molecule has 24 heteroatoms. The van der Waals surface area contributed by atoms with E-state index in [9.17, 15) is 70.6 Å². The predicted molar refractivity (Wildman–Crippen MR) is 165 cm³/mol. The maximum absolute atomic E-state index is 12.5. The summed E-state index contributed by atoms with van der Waals surface area (Å²) in [5.74, 6) is -5.97. The fourth-order valence-electron chi connectivity index (χ4n) is 6.04. The van der Waals surface area contributed by atoms with Crippen molar-refractivity contribution in [2.75, 3.05) is 19.8 Å². The Morgan fingerprint density at radius 2 is 1.75 bits per heavy atom. The molecular formula is C29H45N5O19. The van der Waals surface area contributed by atoms with Crippen LogP contribution in [-0.4, -0.2) is 200 Å². The molecule has 0 bridgehead atoms. The third-order valence-electron chi connectivity index (χ3n) is 8.91. The summed E-state index contributed by atoms with van der Waals surface area (Å²) in [5.41, 5.74) is 0.226. The Kier molecular flexibility index (Phi) is 14.3. The molecule has 0 spiro atoms. The van der Waals surface area contributed by atoms with Crippen molar-refractivity contribution in [3.63, 3.8) is 0 Å². The van der Waals surface area contributed by atoms with E-state index in [0.29, 0.717) is 0 Å². The minimum atomic E-state index is -2.86. The van der Waals surface area contributed by atoms with Crippen molar-refractivity contribution in [3.8, 4) is 0 Å². The number of carboxylic acid groups (broad SMARTS) is 1. The van der Waals surface area contributed by atoms with Gasteiger partial charge in [-0.25, -0.2) is 9.48 Å². The molecule has 1 aromatic rings. The van der Waals surface area contributed by atoms with Crippen molar-refractivity contribution in [2.24, 2.45) is 0 Å². The van der Waals surface area contributed by atoms with Crippen LogP contribution in [0.1, 0.15) is 25.3 Å². The van der Waals surface area contributed by atoms with E-state index in [2.05, 4.69) is 27.5 Å². The normalized spacial score (nSPS) is 38.7. The topological polar surface area (TPSA) is 375 Å². The lowest BCUT2D eigenvalue weighted by molar-refractivity contribution is -0.359. The summed E-state index contributed by atoms with van der Waals surface area (Å²) in [6, 6.07) is -1.50. The lowest BCUT2D eigenvalue weighted by Gasteiger charge is -2.48. The molecule has 53 heavy (non-hydrogen) atoms. The number of carbonyl (C=O) groups is 3. The first-order chi connectivity index (χ1) is 25.0. The number of aliphatic carboxylic acids is 1. The third-order valence-corrected chi connectivity index (χ3v) is 8.91. The second kappa shape index (κ2) is 17.9. The van der Waals surface area contributed by atoms with E-state index >= 15 is 0 Å². The van der Waals surface area contributed by atoms with Gasteiger partial charge in [0, 0.05) is 13.3 Å². The van der Waals surface area contributed by atoms with Crippen LogP contribution in [0.3, 0.4) is 0 Å². The van der Waals surface area contributed by atoms with E-state index in [4.69, 9.17) is 23.7 Å². The van der Waals surface area contributed by atoms with E-state index < -0.39 is 142 Å². The third kappa shape index (κ3) is 9.32. The van der Waals surface area contributed by atoms with Gasteiger partial charge in [-0.2, -0.15) is 0 Å². The van der Waals surface area contributed by atoms with Crippen LogP contribution in [0.4, 0.5) is 0 Å². The van der Waals surface area contributed by atoms with Crippen LogP contribution < -0.4 is 10.6 Å². The highest BCUT2D eigenvalue weighted by Gasteiger charge is 2.57. The van der Waals surface area contributed by atoms with Gasteiger partial charge in [-0.3, -0.25) is 9.59 Å². The summed E-state index contributed by atoms with van der Waals surface area (Å²) in [6.45, 7) is 1.44. The molecule has 2 amide bonds. The van der Waals surface area contributed by atoms with Gasteiger partial charge in [0.05, 0.1) is 44.7 Å². The Balaban J connectivity index is 1.49. The number of aliphatic hydroxyl groups is 10. The second-order valence-corrected chi connectivity index (χ2v) is 12.6. The van der Waals surface area contributed by atoms with Crippen molar-refractivity contribution >= 4 is 17.8 Å². The predicted octanol–water partition coefficient (Wildman–Crippen LogP) is -7.95. The van der Waals surface area contributed by atoms with E-state index in [1.54, 1.807) is 0 Å². The highest BCUT2D eigenvalue weighted by molar-refractivity contribution is 5.86. The molecule has 1 aromatic heterocycles. The number of rotatable bonds is 15. The number of carboxylic acids is 1. The zero-order valence-corrected chi connectivity index (χ0v) is 28.1. The molecule has 24 nitrogen and oxygen atoms in total. The summed E-state index contributed by atoms with van der Waals surface area (Å²) in [6.07, 6.45) is -24.4. The van der Waals surface area contributed by atoms with Gasteiger partial charge in [0.15, 0.2) is 12.5 Å². The summed E-state index contributed by atoms with van der Waals surface area (Å²) in [5, 5.41) is 127. The minimum Gasteiger partial charge on any atom is -0.477 e. The van der Waals surface area contributed by atoms with Crippen LogP contribution in [0.25, 0.3) is 0 Å². The maximum atomic E-state index is 12.5. The summed E-state index contributed by atoms with van der Waals surface area (Å²) in [7, 11) is 0. The minimum absolute atomic E-state index is 0.0748. The summed E-state index contributed by atoms with van der Waals surface area (Å²) >= 11 is 0. The molecule has 4 heterocycles. The van der Waals surface area contributed by atoms with Crippen molar-refractivity contribution in [2.45, 2.75) is 117 Å². The Bertz CT molecular complexity index is 1420. The van der Waals surface area contributed by atoms with Gasteiger partial charge in [-0.05, 0) is 6.08 Å². The molecule has 0 unspecified atom stereocenters. The van der Waals surface area contributed by atoms with Gasteiger partial charge in [0.1, 0.15) is 72.8 Å². The number of amides is 2. The molecule has 0 aromatic carbocycles. The van der Waals surface area contributed by atoms with Gasteiger partial charge in [-0.15, -0.1) is 5.10 Å². The Labute approximate surface area is 299 Å². The molecule has 0 radical (unpaired) electrons. The van der Waals surface area contributed by atoms with Crippen LogP contribution in [0.5, 0.6) is 0 Å². The maximum Gasteiger partial charge on any atom is 0.364 e. The Morgan fingerprint density at radius 1 is 1.06 bits per heavy atom. The SMILES string of the molecule is C=CC(=O)NCc1cn([C@@H]2O[C@H](CO)[C@@H](O[C@@H]3O[C@H](CO[C@]4(C(=O)O)C[C@H](O)[C@@H](NC(C)=O)[C@H]([C@H](O)[C@H](O)CO)O4)[C@H](O)[C@H](O)[C@H]3O)[C@H](O)[C@H]2O)nn1. The molecule has 3 saturated heterocycles. The Hall–Kier alpha value is -3.31. The molecule has 16 atom stereocenters. The fourth-order valence-corrected chi connectivity index (χ4v) is 6.04. The average Bonchev–Trinajstić information content (AvgIpc) is 3.60. The van der Waals surface area contributed by atoms with Crippen LogP contribution >= 0.6 is 0 Å².